The maximum Gasteiger partial charge on any atom is 0.275 e. The number of piperazine rings is 1. The number of carbonyl (C=O) groups excluding carboxylic acids is 1. The molecule has 4 nitrogen and oxygen atoms in total. The minimum Gasteiger partial charge on any atom is -0.351 e. The van der Waals surface area contributed by atoms with Crippen LogP contribution in [0.25, 0.3) is 0 Å². The molecule has 0 spiro atoms. The van der Waals surface area contributed by atoms with Gasteiger partial charge in [0.05, 0.1) is 0 Å². The minimum atomic E-state index is -0.204. The Morgan fingerprint density at radius 3 is 2.30 bits per heavy atom. The number of benzene rings is 2. The van der Waals surface area contributed by atoms with E-state index in [9.17, 15) is 9.18 Å². The van der Waals surface area contributed by atoms with Gasteiger partial charge in [-0.15, -0.1) is 0 Å². The van der Waals surface area contributed by atoms with Gasteiger partial charge in [-0.1, -0.05) is 42.5 Å². The third-order valence-electron chi connectivity index (χ3n) is 5.45. The summed E-state index contributed by atoms with van der Waals surface area (Å²) in [6.07, 6.45) is 0.530. The molecule has 0 bridgehead atoms. The fourth-order valence-corrected chi connectivity index (χ4v) is 3.72. The second-order valence-corrected chi connectivity index (χ2v) is 7.47. The van der Waals surface area contributed by atoms with E-state index >= 15 is 0 Å². The molecule has 3 N–H and O–H groups in total. The lowest BCUT2D eigenvalue weighted by atomic mass is 10.1. The van der Waals surface area contributed by atoms with E-state index in [0.29, 0.717) is 25.1 Å². The standard InChI is InChI=1S/C22H28FN3O/c1-18-6-2-3-8-20(18)16-25-12-14-26(15-13-25)17-22(27)24-11-10-19-7-4-5-9-21(19)23/h2-9H,10-17H2,1H3,(H,24,27)/p+2. The third-order valence-corrected chi connectivity index (χ3v) is 5.45. The summed E-state index contributed by atoms with van der Waals surface area (Å²) in [4.78, 5) is 15.1. The molecule has 1 aliphatic rings. The van der Waals surface area contributed by atoms with Gasteiger partial charge in [-0.05, 0) is 30.5 Å². The topological polar surface area (TPSA) is 38.0 Å². The molecule has 0 aromatic heterocycles. The van der Waals surface area contributed by atoms with E-state index in [1.807, 2.05) is 6.07 Å². The van der Waals surface area contributed by atoms with Crippen molar-refractivity contribution in [3.63, 3.8) is 0 Å². The Morgan fingerprint density at radius 1 is 0.963 bits per heavy atom. The molecule has 1 amide bonds. The molecular weight excluding hydrogens is 341 g/mol. The second-order valence-electron chi connectivity index (χ2n) is 7.47. The van der Waals surface area contributed by atoms with Gasteiger partial charge in [0.15, 0.2) is 6.54 Å². The van der Waals surface area contributed by atoms with Crippen molar-refractivity contribution in [3.8, 4) is 0 Å². The van der Waals surface area contributed by atoms with Gasteiger partial charge in [-0.3, -0.25) is 4.79 Å². The fraction of sp³-hybridized carbons (Fsp3) is 0.409. The largest absolute Gasteiger partial charge is 0.351 e. The number of nitrogens with one attached hydrogen (secondary N) is 3. The maximum atomic E-state index is 13.6. The lowest BCUT2D eigenvalue weighted by Gasteiger charge is -2.29. The Labute approximate surface area is 161 Å². The van der Waals surface area contributed by atoms with Crippen LogP contribution in [0.3, 0.4) is 0 Å². The number of carbonyl (C=O) groups is 1. The van der Waals surface area contributed by atoms with Gasteiger partial charge < -0.3 is 15.1 Å². The Morgan fingerprint density at radius 2 is 1.59 bits per heavy atom. The smallest absolute Gasteiger partial charge is 0.275 e. The zero-order valence-electron chi connectivity index (χ0n) is 16.1. The molecule has 27 heavy (non-hydrogen) atoms. The molecule has 5 heteroatoms. The Balaban J connectivity index is 1.35. The molecule has 1 saturated heterocycles. The first-order valence-electron chi connectivity index (χ1n) is 9.83. The van der Waals surface area contributed by atoms with Crippen LogP contribution in [0.4, 0.5) is 4.39 Å². The van der Waals surface area contributed by atoms with Gasteiger partial charge in [0.1, 0.15) is 38.5 Å². The number of halogens is 1. The Bertz CT molecular complexity index is 757. The first kappa shape index (κ1) is 19.5. The summed E-state index contributed by atoms with van der Waals surface area (Å²) < 4.78 is 13.6. The van der Waals surface area contributed by atoms with Gasteiger partial charge >= 0.3 is 0 Å². The second kappa shape index (κ2) is 9.62. The summed E-state index contributed by atoms with van der Waals surface area (Å²) in [5, 5.41) is 2.93. The maximum absolute atomic E-state index is 13.6. The molecule has 1 fully saturated rings. The minimum absolute atomic E-state index is 0.0590. The molecule has 144 valence electrons. The van der Waals surface area contributed by atoms with Crippen LogP contribution in [0, 0.1) is 12.7 Å². The van der Waals surface area contributed by atoms with Gasteiger partial charge in [0.2, 0.25) is 0 Å². The molecule has 0 saturated carbocycles. The van der Waals surface area contributed by atoms with Crippen molar-refractivity contribution < 1.29 is 19.0 Å². The van der Waals surface area contributed by atoms with E-state index in [2.05, 4.69) is 36.5 Å². The third kappa shape index (κ3) is 5.88. The summed E-state index contributed by atoms with van der Waals surface area (Å²) in [6.45, 7) is 8.44. The monoisotopic (exact) mass is 371 g/mol. The quantitative estimate of drug-likeness (QED) is 0.619. The van der Waals surface area contributed by atoms with Crippen LogP contribution in [0.2, 0.25) is 0 Å². The van der Waals surface area contributed by atoms with Crippen molar-refractivity contribution in [3.05, 3.63) is 71.0 Å². The van der Waals surface area contributed by atoms with Crippen molar-refractivity contribution in [2.45, 2.75) is 19.9 Å². The normalized spacial score (nSPS) is 19.6. The van der Waals surface area contributed by atoms with E-state index in [1.54, 1.807) is 17.0 Å². The molecule has 0 atom stereocenters. The van der Waals surface area contributed by atoms with Crippen LogP contribution in [0.15, 0.2) is 48.5 Å². The highest BCUT2D eigenvalue weighted by Gasteiger charge is 2.25. The van der Waals surface area contributed by atoms with Crippen molar-refractivity contribution in [1.29, 1.82) is 0 Å². The zero-order valence-corrected chi connectivity index (χ0v) is 16.1. The number of amides is 1. The molecule has 0 unspecified atom stereocenters. The predicted octanol–water partition coefficient (Wildman–Crippen LogP) is -0.224. The number of rotatable bonds is 7. The van der Waals surface area contributed by atoms with Crippen LogP contribution in [0.1, 0.15) is 16.7 Å². The lowest BCUT2D eigenvalue weighted by Crippen LogP contribution is -3.28. The average Bonchev–Trinajstić information content (AvgIpc) is 2.67. The van der Waals surface area contributed by atoms with Gasteiger partial charge in [0.25, 0.3) is 5.91 Å². The first-order chi connectivity index (χ1) is 13.1. The Kier molecular flexibility index (Phi) is 6.96. The molecule has 0 aliphatic carbocycles. The lowest BCUT2D eigenvalue weighted by molar-refractivity contribution is -1.02. The number of hydrogen-bond donors (Lipinski definition) is 3. The van der Waals surface area contributed by atoms with Crippen LogP contribution < -0.4 is 15.1 Å². The van der Waals surface area contributed by atoms with E-state index in [-0.39, 0.29) is 11.7 Å². The van der Waals surface area contributed by atoms with E-state index in [1.165, 1.54) is 22.1 Å². The van der Waals surface area contributed by atoms with Crippen molar-refractivity contribution in [2.75, 3.05) is 39.3 Å². The fourth-order valence-electron chi connectivity index (χ4n) is 3.72. The van der Waals surface area contributed by atoms with Crippen LogP contribution in [-0.2, 0) is 17.8 Å². The summed E-state index contributed by atoms with van der Waals surface area (Å²) in [7, 11) is 0. The van der Waals surface area contributed by atoms with E-state index < -0.39 is 0 Å². The number of quaternary nitrogens is 2. The predicted molar refractivity (Wildman–Crippen MR) is 104 cm³/mol. The highest BCUT2D eigenvalue weighted by Crippen LogP contribution is 2.06. The summed E-state index contributed by atoms with van der Waals surface area (Å²) in [5.74, 6) is -0.145. The summed E-state index contributed by atoms with van der Waals surface area (Å²) in [6, 6.07) is 15.3. The molecule has 1 heterocycles. The molecule has 2 aromatic carbocycles. The van der Waals surface area contributed by atoms with Crippen molar-refractivity contribution >= 4 is 5.91 Å². The van der Waals surface area contributed by atoms with Crippen LogP contribution in [0.5, 0.6) is 0 Å². The van der Waals surface area contributed by atoms with Crippen molar-refractivity contribution in [1.82, 2.24) is 5.32 Å². The van der Waals surface area contributed by atoms with Crippen LogP contribution in [-0.4, -0.2) is 45.2 Å². The van der Waals surface area contributed by atoms with Gasteiger partial charge in [-0.2, -0.15) is 0 Å². The highest BCUT2D eigenvalue weighted by molar-refractivity contribution is 5.76. The molecule has 1 aliphatic heterocycles. The summed E-state index contributed by atoms with van der Waals surface area (Å²) in [5.41, 5.74) is 3.43. The number of hydrogen-bond acceptors (Lipinski definition) is 1. The van der Waals surface area contributed by atoms with Crippen LogP contribution >= 0.6 is 0 Å². The van der Waals surface area contributed by atoms with E-state index in [0.717, 1.165) is 32.7 Å². The first-order valence-corrected chi connectivity index (χ1v) is 9.83. The SMILES string of the molecule is Cc1ccccc1C[NH+]1CC[NH+](CC(=O)NCCc2ccccc2F)CC1. The Hall–Kier alpha value is -2.24. The van der Waals surface area contributed by atoms with Crippen molar-refractivity contribution in [2.24, 2.45) is 0 Å². The molecule has 3 rings (SSSR count). The van der Waals surface area contributed by atoms with E-state index in [4.69, 9.17) is 0 Å². The number of aryl methyl sites for hydroxylation is 1. The summed E-state index contributed by atoms with van der Waals surface area (Å²) >= 11 is 0. The highest BCUT2D eigenvalue weighted by atomic mass is 19.1. The zero-order chi connectivity index (χ0) is 19.1. The average molecular weight is 372 g/mol. The molecule has 2 aromatic rings. The van der Waals surface area contributed by atoms with Gasteiger partial charge in [-0.25, -0.2) is 4.39 Å². The van der Waals surface area contributed by atoms with Gasteiger partial charge in [0, 0.05) is 12.1 Å². The molecular formula is C22H30FN3O+2. The molecule has 0 radical (unpaired) electrons.